The summed E-state index contributed by atoms with van der Waals surface area (Å²) in [6, 6.07) is -0.173. The van der Waals surface area contributed by atoms with Crippen LogP contribution in [-0.2, 0) is 9.59 Å². The molecule has 0 aromatic rings. The molecule has 3 amide bonds. The molecule has 0 bridgehead atoms. The fourth-order valence-corrected chi connectivity index (χ4v) is 3.16. The Bertz CT molecular complexity index is 454. The zero-order valence-electron chi connectivity index (χ0n) is 12.4. The number of carboxylic acid groups (broad SMARTS) is 1. The molecule has 0 spiro atoms. The van der Waals surface area contributed by atoms with E-state index in [2.05, 4.69) is 0 Å². The minimum Gasteiger partial charge on any atom is -0.481 e. The van der Waals surface area contributed by atoms with Crippen molar-refractivity contribution in [2.24, 2.45) is 17.1 Å². The molecule has 21 heavy (non-hydrogen) atoms. The van der Waals surface area contributed by atoms with Crippen LogP contribution in [0.4, 0.5) is 4.79 Å². The predicted octanol–water partition coefficient (Wildman–Crippen LogP) is 0.490. The van der Waals surface area contributed by atoms with Crippen LogP contribution in [0.1, 0.15) is 32.6 Å². The van der Waals surface area contributed by atoms with Crippen LogP contribution < -0.4 is 5.73 Å². The smallest absolute Gasteiger partial charge is 0.320 e. The van der Waals surface area contributed by atoms with E-state index in [1.54, 1.807) is 16.7 Å². The summed E-state index contributed by atoms with van der Waals surface area (Å²) in [6.45, 7) is 3.41. The third-order valence-corrected chi connectivity index (χ3v) is 4.58. The van der Waals surface area contributed by atoms with Crippen LogP contribution in [0, 0.1) is 11.3 Å². The lowest BCUT2D eigenvalue weighted by Crippen LogP contribution is -2.55. The number of carbonyl (C=O) groups is 3. The van der Waals surface area contributed by atoms with E-state index < -0.39 is 11.4 Å². The van der Waals surface area contributed by atoms with Crippen molar-refractivity contribution in [1.29, 1.82) is 0 Å². The molecule has 0 aromatic carbocycles. The van der Waals surface area contributed by atoms with Gasteiger partial charge in [-0.25, -0.2) is 4.79 Å². The second-order valence-electron chi connectivity index (χ2n) is 6.36. The fraction of sp³-hybridized carbons (Fsp3) is 0.786. The van der Waals surface area contributed by atoms with E-state index in [1.165, 1.54) is 0 Å². The van der Waals surface area contributed by atoms with Gasteiger partial charge in [-0.2, -0.15) is 0 Å². The normalized spacial score (nSPS) is 30.0. The van der Waals surface area contributed by atoms with Crippen molar-refractivity contribution in [2.75, 3.05) is 26.2 Å². The van der Waals surface area contributed by atoms with Gasteiger partial charge in [-0.3, -0.25) is 9.59 Å². The van der Waals surface area contributed by atoms with Crippen LogP contribution >= 0.6 is 0 Å². The number of rotatable bonds is 2. The van der Waals surface area contributed by atoms with Gasteiger partial charge in [-0.15, -0.1) is 0 Å². The number of piperidine rings is 2. The fourth-order valence-electron chi connectivity index (χ4n) is 3.16. The lowest BCUT2D eigenvalue weighted by Gasteiger charge is -2.41. The van der Waals surface area contributed by atoms with Crippen LogP contribution in [-0.4, -0.2) is 59.0 Å². The maximum absolute atomic E-state index is 12.5. The SMILES string of the molecule is CC1(C(=O)O)CCCN(C(=O)N2CCCC(C(N)=O)C2)C1. The molecule has 2 atom stereocenters. The zero-order chi connectivity index (χ0) is 15.6. The van der Waals surface area contributed by atoms with Crippen LogP contribution in [0.2, 0.25) is 0 Å². The predicted molar refractivity (Wildman–Crippen MR) is 75.4 cm³/mol. The largest absolute Gasteiger partial charge is 0.481 e. The first-order valence-electron chi connectivity index (χ1n) is 7.40. The highest BCUT2D eigenvalue weighted by Crippen LogP contribution is 2.30. The first-order valence-corrected chi connectivity index (χ1v) is 7.40. The molecule has 0 aromatic heterocycles. The molecule has 0 radical (unpaired) electrons. The Labute approximate surface area is 124 Å². The van der Waals surface area contributed by atoms with Crippen molar-refractivity contribution in [1.82, 2.24) is 9.80 Å². The van der Waals surface area contributed by atoms with Crippen LogP contribution in [0.25, 0.3) is 0 Å². The molecule has 2 aliphatic rings. The highest BCUT2D eigenvalue weighted by Gasteiger charge is 2.41. The highest BCUT2D eigenvalue weighted by atomic mass is 16.4. The number of amides is 3. The molecule has 3 N–H and O–H groups in total. The summed E-state index contributed by atoms with van der Waals surface area (Å²) in [5, 5.41) is 9.31. The van der Waals surface area contributed by atoms with Crippen molar-refractivity contribution in [2.45, 2.75) is 32.6 Å². The Morgan fingerprint density at radius 1 is 1.19 bits per heavy atom. The number of carboxylic acids is 1. The Hall–Kier alpha value is -1.79. The van der Waals surface area contributed by atoms with Crippen molar-refractivity contribution in [3.05, 3.63) is 0 Å². The van der Waals surface area contributed by atoms with Crippen LogP contribution in [0.5, 0.6) is 0 Å². The van der Waals surface area contributed by atoms with Gasteiger partial charge in [-0.05, 0) is 32.6 Å². The minimum atomic E-state index is -0.882. The van der Waals surface area contributed by atoms with Gasteiger partial charge in [0.05, 0.1) is 11.3 Å². The summed E-state index contributed by atoms with van der Waals surface area (Å²) < 4.78 is 0. The van der Waals surface area contributed by atoms with E-state index in [0.717, 1.165) is 6.42 Å². The molecule has 2 rings (SSSR count). The molecule has 2 aliphatic heterocycles. The molecular weight excluding hydrogens is 274 g/mol. The molecule has 2 heterocycles. The maximum Gasteiger partial charge on any atom is 0.320 e. The van der Waals surface area contributed by atoms with Gasteiger partial charge < -0.3 is 20.6 Å². The third kappa shape index (κ3) is 3.28. The summed E-state index contributed by atoms with van der Waals surface area (Å²) in [7, 11) is 0. The van der Waals surface area contributed by atoms with Crippen LogP contribution in [0.15, 0.2) is 0 Å². The van der Waals surface area contributed by atoms with Gasteiger partial charge in [0, 0.05) is 26.2 Å². The number of primary amides is 1. The monoisotopic (exact) mass is 297 g/mol. The lowest BCUT2D eigenvalue weighted by molar-refractivity contribution is -0.150. The minimum absolute atomic E-state index is 0.173. The Kier molecular flexibility index (Phi) is 4.39. The molecule has 7 heteroatoms. The number of carbonyl (C=O) groups excluding carboxylic acids is 2. The number of nitrogens with two attached hydrogens (primary N) is 1. The van der Waals surface area contributed by atoms with Crippen molar-refractivity contribution >= 4 is 17.9 Å². The van der Waals surface area contributed by atoms with Gasteiger partial charge in [0.15, 0.2) is 0 Å². The molecule has 7 nitrogen and oxygen atoms in total. The van der Waals surface area contributed by atoms with Crippen molar-refractivity contribution in [3.8, 4) is 0 Å². The van der Waals surface area contributed by atoms with Gasteiger partial charge in [0.25, 0.3) is 0 Å². The van der Waals surface area contributed by atoms with E-state index >= 15 is 0 Å². The third-order valence-electron chi connectivity index (χ3n) is 4.58. The number of urea groups is 1. The number of likely N-dealkylation sites (tertiary alicyclic amines) is 2. The first kappa shape index (κ1) is 15.6. The summed E-state index contributed by atoms with van der Waals surface area (Å²) in [5.41, 5.74) is 4.44. The van der Waals surface area contributed by atoms with E-state index in [-0.39, 0.29) is 24.4 Å². The average molecular weight is 297 g/mol. The van der Waals surface area contributed by atoms with Gasteiger partial charge in [-0.1, -0.05) is 0 Å². The topological polar surface area (TPSA) is 104 Å². The van der Waals surface area contributed by atoms with Gasteiger partial charge in [0.1, 0.15) is 0 Å². The Morgan fingerprint density at radius 2 is 1.86 bits per heavy atom. The summed E-state index contributed by atoms with van der Waals surface area (Å²) >= 11 is 0. The van der Waals surface area contributed by atoms with E-state index in [1.807, 2.05) is 0 Å². The summed E-state index contributed by atoms with van der Waals surface area (Å²) in [6.07, 6.45) is 2.73. The number of nitrogens with zero attached hydrogens (tertiary/aromatic N) is 2. The molecule has 0 saturated carbocycles. The van der Waals surface area contributed by atoms with E-state index in [0.29, 0.717) is 38.9 Å². The zero-order valence-corrected chi connectivity index (χ0v) is 12.4. The van der Waals surface area contributed by atoms with Gasteiger partial charge >= 0.3 is 12.0 Å². The summed E-state index contributed by atoms with van der Waals surface area (Å²) in [4.78, 5) is 38.4. The number of hydrogen-bond donors (Lipinski definition) is 2. The quantitative estimate of drug-likeness (QED) is 0.774. The lowest BCUT2D eigenvalue weighted by atomic mass is 9.82. The average Bonchev–Trinajstić information content (AvgIpc) is 2.46. The maximum atomic E-state index is 12.5. The van der Waals surface area contributed by atoms with E-state index in [9.17, 15) is 19.5 Å². The summed E-state index contributed by atoms with van der Waals surface area (Å²) in [5.74, 6) is -1.53. The molecule has 118 valence electrons. The Balaban J connectivity index is 2.02. The molecule has 0 aliphatic carbocycles. The molecular formula is C14H23N3O4. The van der Waals surface area contributed by atoms with Crippen molar-refractivity contribution in [3.63, 3.8) is 0 Å². The van der Waals surface area contributed by atoms with Crippen LogP contribution in [0.3, 0.4) is 0 Å². The van der Waals surface area contributed by atoms with Crippen molar-refractivity contribution < 1.29 is 19.5 Å². The number of hydrogen-bond acceptors (Lipinski definition) is 3. The van der Waals surface area contributed by atoms with Gasteiger partial charge in [0.2, 0.25) is 5.91 Å². The molecule has 2 unspecified atom stereocenters. The molecule has 2 fully saturated rings. The first-order chi connectivity index (χ1) is 9.83. The van der Waals surface area contributed by atoms with E-state index in [4.69, 9.17) is 5.73 Å². The number of aliphatic carboxylic acids is 1. The second kappa shape index (κ2) is 5.91. The standard InChI is InChI=1S/C14H23N3O4/c1-14(12(19)20)5-3-7-17(9-14)13(21)16-6-2-4-10(8-16)11(15)18/h10H,2-9H2,1H3,(H2,15,18)(H,19,20). The molecule has 2 saturated heterocycles. The second-order valence-corrected chi connectivity index (χ2v) is 6.36. The highest BCUT2D eigenvalue weighted by molar-refractivity contribution is 5.80. The Morgan fingerprint density at radius 3 is 2.48 bits per heavy atom.